The van der Waals surface area contributed by atoms with Crippen molar-refractivity contribution in [1.82, 2.24) is 4.90 Å². The second kappa shape index (κ2) is 5.03. The summed E-state index contributed by atoms with van der Waals surface area (Å²) in [6.45, 7) is 1.60. The van der Waals surface area contributed by atoms with Gasteiger partial charge in [-0.2, -0.15) is 0 Å². The molecule has 0 unspecified atom stereocenters. The Hall–Kier alpha value is -0.220. The summed E-state index contributed by atoms with van der Waals surface area (Å²) in [5.41, 5.74) is 0. The second-order valence-corrected chi connectivity index (χ2v) is 4.29. The molecule has 1 saturated carbocycles. The van der Waals surface area contributed by atoms with E-state index in [1.54, 1.807) is 0 Å². The van der Waals surface area contributed by atoms with Crippen LogP contribution in [0.1, 0.15) is 25.7 Å². The van der Waals surface area contributed by atoms with E-state index in [1.165, 1.54) is 0 Å². The molecule has 1 aliphatic rings. The third-order valence-electron chi connectivity index (χ3n) is 2.89. The van der Waals surface area contributed by atoms with E-state index in [0.717, 1.165) is 6.54 Å². The fourth-order valence-corrected chi connectivity index (χ4v) is 1.99. The van der Waals surface area contributed by atoms with Crippen LogP contribution in [0.25, 0.3) is 0 Å². The van der Waals surface area contributed by atoms with Crippen LogP contribution >= 0.6 is 0 Å². The molecule has 0 aromatic carbocycles. The van der Waals surface area contributed by atoms with Crippen molar-refractivity contribution >= 4 is 0 Å². The molecule has 0 atom stereocenters. The Bertz CT molecular complexity index is 166. The molecule has 0 aliphatic heterocycles. The highest BCUT2D eigenvalue weighted by molar-refractivity contribution is 4.78. The first kappa shape index (κ1) is 11.9. The van der Waals surface area contributed by atoms with Gasteiger partial charge in [0.05, 0.1) is 6.61 Å². The van der Waals surface area contributed by atoms with Crippen LogP contribution in [0.2, 0.25) is 0 Å². The van der Waals surface area contributed by atoms with Crippen LogP contribution in [0.15, 0.2) is 0 Å². The summed E-state index contributed by atoms with van der Waals surface area (Å²) in [6.07, 6.45) is 1.29. The average Bonchev–Trinajstić information content (AvgIpc) is 2.09. The van der Waals surface area contributed by atoms with E-state index in [1.807, 2.05) is 11.9 Å². The van der Waals surface area contributed by atoms with E-state index in [2.05, 4.69) is 0 Å². The van der Waals surface area contributed by atoms with Crippen molar-refractivity contribution in [3.05, 3.63) is 0 Å². The molecular formula is C10H19F2NO. The number of nitrogens with zero attached hydrogens (tertiary/aromatic N) is 1. The molecule has 0 bridgehead atoms. The van der Waals surface area contributed by atoms with Gasteiger partial charge in [0.25, 0.3) is 0 Å². The molecule has 0 saturated heterocycles. The summed E-state index contributed by atoms with van der Waals surface area (Å²) in [7, 11) is 1.92. The van der Waals surface area contributed by atoms with Crippen molar-refractivity contribution in [2.75, 3.05) is 26.7 Å². The van der Waals surface area contributed by atoms with Crippen LogP contribution in [-0.4, -0.2) is 42.7 Å². The van der Waals surface area contributed by atoms with Crippen molar-refractivity contribution in [2.24, 2.45) is 5.92 Å². The van der Waals surface area contributed by atoms with Crippen LogP contribution in [0.5, 0.6) is 0 Å². The molecule has 2 nitrogen and oxygen atoms in total. The van der Waals surface area contributed by atoms with Gasteiger partial charge in [-0.25, -0.2) is 8.78 Å². The standard InChI is InChI=1S/C10H19F2NO/c1-13(6-7-14)8-9-2-4-10(11,12)5-3-9/h9,14H,2-8H2,1H3. The first-order valence-electron chi connectivity index (χ1n) is 5.21. The zero-order valence-corrected chi connectivity index (χ0v) is 8.68. The third-order valence-corrected chi connectivity index (χ3v) is 2.89. The van der Waals surface area contributed by atoms with E-state index < -0.39 is 5.92 Å². The zero-order valence-electron chi connectivity index (χ0n) is 8.68. The smallest absolute Gasteiger partial charge is 0.248 e. The summed E-state index contributed by atoms with van der Waals surface area (Å²) in [4.78, 5) is 2.01. The Balaban J connectivity index is 2.22. The van der Waals surface area contributed by atoms with Crippen LogP contribution < -0.4 is 0 Å². The molecule has 84 valence electrons. The Morgan fingerprint density at radius 3 is 2.43 bits per heavy atom. The minimum Gasteiger partial charge on any atom is -0.395 e. The van der Waals surface area contributed by atoms with Gasteiger partial charge in [0.1, 0.15) is 0 Å². The number of hydrogen-bond acceptors (Lipinski definition) is 2. The Morgan fingerprint density at radius 2 is 1.93 bits per heavy atom. The van der Waals surface area contributed by atoms with Crippen molar-refractivity contribution in [3.63, 3.8) is 0 Å². The number of alkyl halides is 2. The highest BCUT2D eigenvalue weighted by atomic mass is 19.3. The van der Waals surface area contributed by atoms with Gasteiger partial charge in [0, 0.05) is 25.9 Å². The molecule has 0 aromatic heterocycles. The van der Waals surface area contributed by atoms with E-state index >= 15 is 0 Å². The Kier molecular flexibility index (Phi) is 4.26. The Labute approximate surface area is 83.9 Å². The quantitative estimate of drug-likeness (QED) is 0.759. The minimum absolute atomic E-state index is 0.0324. The second-order valence-electron chi connectivity index (χ2n) is 4.29. The number of aliphatic hydroxyl groups excluding tert-OH is 1. The largest absolute Gasteiger partial charge is 0.395 e. The van der Waals surface area contributed by atoms with Gasteiger partial charge in [0.2, 0.25) is 5.92 Å². The maximum Gasteiger partial charge on any atom is 0.248 e. The highest BCUT2D eigenvalue weighted by Gasteiger charge is 2.34. The minimum atomic E-state index is -2.42. The molecule has 1 aliphatic carbocycles. The highest BCUT2D eigenvalue weighted by Crippen LogP contribution is 2.36. The SMILES string of the molecule is CN(CCO)CC1CCC(F)(F)CC1. The van der Waals surface area contributed by atoms with Crippen LogP contribution in [0.3, 0.4) is 0 Å². The molecule has 1 fully saturated rings. The number of aliphatic hydroxyl groups is 1. The summed E-state index contributed by atoms with van der Waals surface area (Å²) >= 11 is 0. The van der Waals surface area contributed by atoms with Gasteiger partial charge in [-0.1, -0.05) is 0 Å². The molecule has 1 rings (SSSR count). The predicted molar refractivity (Wildman–Crippen MR) is 51.5 cm³/mol. The van der Waals surface area contributed by atoms with E-state index in [9.17, 15) is 8.78 Å². The Morgan fingerprint density at radius 1 is 1.36 bits per heavy atom. The summed E-state index contributed by atoms with van der Waals surface area (Å²) in [5.74, 6) is -2.04. The number of hydrogen-bond donors (Lipinski definition) is 1. The van der Waals surface area contributed by atoms with Gasteiger partial charge in [-0.05, 0) is 25.8 Å². The van der Waals surface area contributed by atoms with Crippen molar-refractivity contribution in [3.8, 4) is 0 Å². The third kappa shape index (κ3) is 3.88. The molecule has 4 heteroatoms. The lowest BCUT2D eigenvalue weighted by Crippen LogP contribution is -2.33. The number of rotatable bonds is 4. The maximum absolute atomic E-state index is 12.8. The lowest BCUT2D eigenvalue weighted by Gasteiger charge is -2.30. The van der Waals surface area contributed by atoms with E-state index in [-0.39, 0.29) is 19.4 Å². The summed E-state index contributed by atoms with van der Waals surface area (Å²) in [5, 5.41) is 8.69. The average molecular weight is 207 g/mol. The van der Waals surface area contributed by atoms with Gasteiger partial charge in [-0.3, -0.25) is 0 Å². The van der Waals surface area contributed by atoms with E-state index in [4.69, 9.17) is 5.11 Å². The first-order chi connectivity index (χ1) is 6.53. The number of halogens is 2. The molecule has 0 radical (unpaired) electrons. The van der Waals surface area contributed by atoms with Crippen molar-refractivity contribution in [2.45, 2.75) is 31.6 Å². The first-order valence-corrected chi connectivity index (χ1v) is 5.21. The molecular weight excluding hydrogens is 188 g/mol. The normalized spacial score (nSPS) is 22.9. The molecule has 0 heterocycles. The fourth-order valence-electron chi connectivity index (χ4n) is 1.99. The van der Waals surface area contributed by atoms with Crippen LogP contribution in [0.4, 0.5) is 8.78 Å². The molecule has 0 amide bonds. The van der Waals surface area contributed by atoms with Crippen molar-refractivity contribution in [1.29, 1.82) is 0 Å². The van der Waals surface area contributed by atoms with Gasteiger partial charge in [-0.15, -0.1) is 0 Å². The lowest BCUT2D eigenvalue weighted by molar-refractivity contribution is -0.0484. The van der Waals surface area contributed by atoms with Crippen LogP contribution in [0, 0.1) is 5.92 Å². The molecule has 0 aromatic rings. The lowest BCUT2D eigenvalue weighted by atomic mass is 9.86. The summed E-state index contributed by atoms with van der Waals surface area (Å²) < 4.78 is 25.6. The van der Waals surface area contributed by atoms with Gasteiger partial charge in [0.15, 0.2) is 0 Å². The molecule has 1 N–H and O–H groups in total. The molecule has 14 heavy (non-hydrogen) atoms. The number of likely N-dealkylation sites (N-methyl/N-ethyl adjacent to an activating group) is 1. The van der Waals surface area contributed by atoms with Gasteiger partial charge >= 0.3 is 0 Å². The predicted octanol–water partition coefficient (Wildman–Crippen LogP) is 1.74. The van der Waals surface area contributed by atoms with Gasteiger partial charge < -0.3 is 10.0 Å². The maximum atomic E-state index is 12.8. The zero-order chi connectivity index (χ0) is 10.6. The van der Waals surface area contributed by atoms with Crippen molar-refractivity contribution < 1.29 is 13.9 Å². The van der Waals surface area contributed by atoms with Crippen LogP contribution in [-0.2, 0) is 0 Å². The molecule has 0 spiro atoms. The summed E-state index contributed by atoms with van der Waals surface area (Å²) in [6, 6.07) is 0. The topological polar surface area (TPSA) is 23.5 Å². The monoisotopic (exact) mass is 207 g/mol. The fraction of sp³-hybridized carbons (Fsp3) is 1.00. The van der Waals surface area contributed by atoms with E-state index in [0.29, 0.717) is 25.3 Å².